The summed E-state index contributed by atoms with van der Waals surface area (Å²) in [5.74, 6) is -2.29. The average molecular weight is 1850 g/mol. The van der Waals surface area contributed by atoms with Gasteiger partial charge in [-0.05, 0) is 186 Å². The summed E-state index contributed by atoms with van der Waals surface area (Å²) in [6.07, 6.45) is 110. The number of hydrogen-bond acceptors (Lipinski definition) is 10. The number of phenols is 1. The summed E-state index contributed by atoms with van der Waals surface area (Å²) in [6.45, 7) is 14.9. The van der Waals surface area contributed by atoms with Crippen LogP contribution < -0.4 is 0 Å². The first kappa shape index (κ1) is 130. The van der Waals surface area contributed by atoms with E-state index in [2.05, 4.69) is 52.0 Å². The molecule has 1 saturated carbocycles. The summed E-state index contributed by atoms with van der Waals surface area (Å²) in [5.41, 5.74) is 4.47. The number of carboxylic acids is 5. The minimum atomic E-state index is -0.671. The third-order valence-electron chi connectivity index (χ3n) is 26.4. The van der Waals surface area contributed by atoms with E-state index >= 15 is 0 Å². The lowest BCUT2D eigenvalue weighted by atomic mass is 9.82. The molecule has 15 heteroatoms. The van der Waals surface area contributed by atoms with Crippen LogP contribution >= 0.6 is 0 Å². The van der Waals surface area contributed by atoms with Crippen LogP contribution in [0.15, 0.2) is 59.7 Å². The third-order valence-corrected chi connectivity index (χ3v) is 26.4. The van der Waals surface area contributed by atoms with Crippen LogP contribution in [0.5, 0.6) is 5.75 Å². The van der Waals surface area contributed by atoms with Crippen molar-refractivity contribution in [3.8, 4) is 5.75 Å². The van der Waals surface area contributed by atoms with E-state index in [1.807, 2.05) is 45.1 Å². The number of benzene rings is 1. The maximum absolute atomic E-state index is 10.4. The van der Waals surface area contributed by atoms with Gasteiger partial charge < -0.3 is 51.1 Å². The molecule has 0 spiro atoms. The van der Waals surface area contributed by atoms with Gasteiger partial charge in [0.05, 0.1) is 23.9 Å². The predicted molar refractivity (Wildman–Crippen MR) is 558 cm³/mol. The normalized spacial score (nSPS) is 14.5. The lowest BCUT2D eigenvalue weighted by molar-refractivity contribution is -0.138. The Kier molecular flexibility index (Phi) is 102. The molecular weight excluding hydrogens is 1630 g/mol. The lowest BCUT2D eigenvalue weighted by Gasteiger charge is -2.27. The number of aliphatic hydroxyl groups excluding tert-OH is 3. The van der Waals surface area contributed by atoms with E-state index in [0.717, 1.165) is 173 Å². The van der Waals surface area contributed by atoms with Crippen molar-refractivity contribution in [2.75, 3.05) is 0 Å². The fourth-order valence-corrected chi connectivity index (χ4v) is 17.8. The molecule has 5 atom stereocenters. The molecule has 0 aromatic heterocycles. The van der Waals surface area contributed by atoms with Crippen molar-refractivity contribution in [3.63, 3.8) is 0 Å². The number of aliphatic carboxylic acids is 5. The Hall–Kier alpha value is -4.83. The second-order valence-electron chi connectivity index (χ2n) is 39.9. The number of rotatable bonds is 90. The second kappa shape index (κ2) is 103. The zero-order chi connectivity index (χ0) is 97.1. The van der Waals surface area contributed by atoms with Gasteiger partial charge in [0.15, 0.2) is 0 Å². The van der Waals surface area contributed by atoms with Crippen LogP contribution in [0, 0.1) is 12.8 Å². The number of unbranched alkanes of at least 4 members (excludes halogenated alkanes) is 61. The zero-order valence-corrected chi connectivity index (χ0v) is 86.6. The summed E-state index contributed by atoms with van der Waals surface area (Å²) in [7, 11) is 0. The van der Waals surface area contributed by atoms with Gasteiger partial charge in [-0.3, -0.25) is 24.0 Å². The Balaban J connectivity index is -0.00000157. The molecule has 10 N–H and O–H groups in total. The van der Waals surface area contributed by atoms with Crippen molar-refractivity contribution in [3.05, 3.63) is 70.9 Å². The molecule has 1 aliphatic carbocycles. The summed E-state index contributed by atoms with van der Waals surface area (Å²) < 4.78 is 0. The summed E-state index contributed by atoms with van der Waals surface area (Å²) in [6, 6.07) is 5.72. The number of allylic oxidation sites excluding steroid dienone is 6. The molecular formula is C116H214O15. The fourth-order valence-electron chi connectivity index (χ4n) is 17.8. The summed E-state index contributed by atoms with van der Waals surface area (Å²) in [5, 5.41) is 92.9. The van der Waals surface area contributed by atoms with Crippen molar-refractivity contribution >= 4 is 35.9 Å². The second-order valence-corrected chi connectivity index (χ2v) is 39.9. The van der Waals surface area contributed by atoms with Crippen LogP contribution in [0.3, 0.4) is 0 Å². The molecule has 2 rings (SSSR count). The Labute approximate surface area is 807 Å². The van der Waals surface area contributed by atoms with E-state index in [1.165, 1.54) is 363 Å². The number of phenolic OH excluding ortho intramolecular Hbond substituents is 1. The minimum Gasteiger partial charge on any atom is -0.507 e. The molecule has 0 heterocycles. The van der Waals surface area contributed by atoms with Gasteiger partial charge in [-0.1, -0.05) is 453 Å². The quantitative estimate of drug-likeness (QED) is 0.0214. The highest BCUT2D eigenvalue weighted by Crippen LogP contribution is 2.33. The first-order valence-electron chi connectivity index (χ1n) is 55.7. The molecule has 1 fully saturated rings. The van der Waals surface area contributed by atoms with Crippen molar-refractivity contribution < 1.29 is 75.0 Å². The van der Waals surface area contributed by atoms with E-state index in [1.54, 1.807) is 6.07 Å². The molecule has 1 aromatic rings. The van der Waals surface area contributed by atoms with E-state index < -0.39 is 35.4 Å². The molecule has 131 heavy (non-hydrogen) atoms. The number of carbonyl (C=O) groups is 5. The maximum atomic E-state index is 10.4. The van der Waals surface area contributed by atoms with Gasteiger partial charge in [0, 0.05) is 37.7 Å². The van der Waals surface area contributed by atoms with Crippen LogP contribution in [-0.2, 0) is 24.0 Å². The van der Waals surface area contributed by atoms with Crippen LogP contribution in [0.1, 0.15) is 598 Å². The molecule has 0 saturated heterocycles. The molecule has 768 valence electrons. The highest BCUT2D eigenvalue weighted by Gasteiger charge is 2.23. The monoisotopic (exact) mass is 1850 g/mol. The van der Waals surface area contributed by atoms with Gasteiger partial charge >= 0.3 is 29.8 Å². The van der Waals surface area contributed by atoms with Crippen molar-refractivity contribution in [2.45, 2.75) is 618 Å². The van der Waals surface area contributed by atoms with Gasteiger partial charge in [-0.2, -0.15) is 0 Å². The Morgan fingerprint density at radius 1 is 0.374 bits per heavy atom. The van der Waals surface area contributed by atoms with Crippen LogP contribution in [-0.4, -0.2) is 105 Å². The highest BCUT2D eigenvalue weighted by molar-refractivity contribution is 5.67. The van der Waals surface area contributed by atoms with Crippen molar-refractivity contribution in [1.82, 2.24) is 0 Å². The predicted octanol–water partition coefficient (Wildman–Crippen LogP) is 35.2. The van der Waals surface area contributed by atoms with Crippen LogP contribution in [0.2, 0.25) is 0 Å². The van der Waals surface area contributed by atoms with Crippen LogP contribution in [0.4, 0.5) is 0 Å². The fraction of sp³-hybridized carbons (Fsp3) is 0.836. The maximum Gasteiger partial charge on any atom is 0.303 e. The molecule has 5 unspecified atom stereocenters. The standard InChI is InChI=1S/C28H52O3.C26H42O3.C21H42O3.C21H40O3.C20H38O3/c1-24-21-22-26(27(29)23-24)25(2)19-17-15-13-11-9-7-5-3-4-6-8-10-12-14-16-18-20-28(30)31;1-23-20-21-25(27)24(22-23)18-16-14-12-10-8-6-4-2-3-5-7-9-11-13-15-17-19-26(28)29;1-3-4-15-18-21(2,24)19-16-13-11-9-7-5-6-8-10-12-14-17-20(22)23;1-2-3-4-14-17-20(22)18-15-12-10-8-6-5-7-9-11-13-16-19-21(23)24;1-2-3-13-16-19(21)17-14-11-9-7-5-4-6-8-10-12-15-18-20(22)23/h24,27,29H,3-23H2,1-2H3,(H,30,31);16,18,20-22,27H,2-15,17,19H2,1H3,(H,28,29);24H,3-19H2,1-2H3,(H,22,23);3-4,20,22H,2,5-19H2,1H3,(H,23,24);2-3,19,21H,4-18H2,1H3,(H,22,23)/b26-25-;18-16+;;4-3-;3-2+. The van der Waals surface area contributed by atoms with Gasteiger partial charge in [0.2, 0.25) is 0 Å². The van der Waals surface area contributed by atoms with E-state index in [9.17, 15) is 49.5 Å². The SMILES string of the molecule is C/C(CCCCCCCCCCCCCCCCCCC(=O)O)=C1\CCC(C)CC1O.C/C=C/CCC(O)CCCCCCCCCCCCCC(=O)O.CC/C=C\CCC(O)CCCCCCCCCCCCCC(=O)O.CCCCCC(C)(O)CCCCCCCCCCCCCC(=O)O.Cc1ccc(O)c(/C=C/CCCCCCCCCCCCCCCCC(=O)O)c1. The number of carboxylic acid groups (broad SMARTS) is 5. The summed E-state index contributed by atoms with van der Waals surface area (Å²) >= 11 is 0. The van der Waals surface area contributed by atoms with Gasteiger partial charge in [0.1, 0.15) is 5.75 Å². The zero-order valence-electron chi connectivity index (χ0n) is 86.6. The van der Waals surface area contributed by atoms with E-state index in [0.29, 0.717) is 43.8 Å². The Morgan fingerprint density at radius 2 is 0.656 bits per heavy atom. The van der Waals surface area contributed by atoms with Crippen LogP contribution in [0.25, 0.3) is 6.08 Å². The lowest BCUT2D eigenvalue weighted by Crippen LogP contribution is -2.23. The molecule has 0 bridgehead atoms. The summed E-state index contributed by atoms with van der Waals surface area (Å²) in [4.78, 5) is 52.0. The average Bonchev–Trinajstić information content (AvgIpc) is 0.866. The van der Waals surface area contributed by atoms with Gasteiger partial charge in [0.25, 0.3) is 0 Å². The first-order valence-corrected chi connectivity index (χ1v) is 55.7. The molecule has 0 amide bonds. The van der Waals surface area contributed by atoms with Gasteiger partial charge in [-0.15, -0.1) is 0 Å². The minimum absolute atomic E-state index is 0.118. The molecule has 0 aliphatic heterocycles. The third kappa shape index (κ3) is 107. The highest BCUT2D eigenvalue weighted by atomic mass is 16.4. The molecule has 1 aromatic carbocycles. The molecule has 0 radical (unpaired) electrons. The topological polar surface area (TPSA) is 288 Å². The van der Waals surface area contributed by atoms with Crippen molar-refractivity contribution in [1.29, 1.82) is 0 Å². The number of aryl methyl sites for hydroxylation is 1. The Bertz CT molecular complexity index is 2770. The number of hydrogen-bond donors (Lipinski definition) is 10. The van der Waals surface area contributed by atoms with E-state index in [-0.39, 0.29) is 18.3 Å². The Morgan fingerprint density at radius 3 is 0.954 bits per heavy atom. The molecule has 1 aliphatic rings. The smallest absolute Gasteiger partial charge is 0.303 e. The largest absolute Gasteiger partial charge is 0.507 e. The molecule has 15 nitrogen and oxygen atoms in total. The van der Waals surface area contributed by atoms with Crippen molar-refractivity contribution in [2.24, 2.45) is 5.92 Å². The number of aromatic hydroxyl groups is 1. The van der Waals surface area contributed by atoms with Gasteiger partial charge in [-0.25, -0.2) is 0 Å². The van der Waals surface area contributed by atoms with E-state index in [4.69, 9.17) is 25.5 Å². The number of aliphatic hydroxyl groups is 4. The first-order chi connectivity index (χ1) is 63.4.